The number of primary amides is 1. The maximum Gasteiger partial charge on any atom is 0.222 e. The second-order valence-corrected chi connectivity index (χ2v) is 3.62. The highest BCUT2D eigenvalue weighted by Gasteiger charge is 2.13. The van der Waals surface area contributed by atoms with Crippen LogP contribution in [-0.2, 0) is 11.2 Å². The number of rotatable bonds is 6. The molecule has 4 nitrogen and oxygen atoms in total. The normalized spacial score (nSPS) is 12.1. The van der Waals surface area contributed by atoms with Crippen molar-refractivity contribution in [3.63, 3.8) is 0 Å². The molecule has 0 spiro atoms. The van der Waals surface area contributed by atoms with Crippen LogP contribution >= 0.6 is 0 Å². The van der Waals surface area contributed by atoms with E-state index in [-0.39, 0.29) is 18.4 Å². The summed E-state index contributed by atoms with van der Waals surface area (Å²) in [5.41, 5.74) is 11.7. The van der Waals surface area contributed by atoms with Crippen LogP contribution in [0, 0.1) is 5.92 Å². The number of carbonyl (C=O) groups is 1. The summed E-state index contributed by atoms with van der Waals surface area (Å²) < 4.78 is 5.32. The maximum atomic E-state index is 11.0. The molecule has 0 heterocycles. The van der Waals surface area contributed by atoms with E-state index >= 15 is 0 Å². The molecule has 0 fully saturated rings. The van der Waals surface area contributed by atoms with Gasteiger partial charge in [-0.1, -0.05) is 12.1 Å². The number of hydrogen-bond donors (Lipinski definition) is 2. The standard InChI is InChI=1S/C12H18N2O2/c1-2-16-11-5-3-9(4-6-11)7-10(8-13)12(14)15/h3-6,10H,2,7-8,13H2,1H3,(H2,14,15)/t10-/m1/s1. The Kier molecular flexibility index (Phi) is 4.79. The lowest BCUT2D eigenvalue weighted by atomic mass is 9.99. The van der Waals surface area contributed by atoms with E-state index in [0.29, 0.717) is 13.0 Å². The zero-order chi connectivity index (χ0) is 12.0. The number of hydrogen-bond acceptors (Lipinski definition) is 3. The van der Waals surface area contributed by atoms with Crippen LogP contribution in [0.5, 0.6) is 5.75 Å². The van der Waals surface area contributed by atoms with Gasteiger partial charge in [0.25, 0.3) is 0 Å². The molecule has 1 aromatic rings. The molecule has 0 aliphatic rings. The van der Waals surface area contributed by atoms with Crippen molar-refractivity contribution in [2.24, 2.45) is 17.4 Å². The third-order valence-corrected chi connectivity index (χ3v) is 2.40. The highest BCUT2D eigenvalue weighted by Crippen LogP contribution is 2.14. The molecular weight excluding hydrogens is 204 g/mol. The van der Waals surface area contributed by atoms with Crippen LogP contribution in [0.1, 0.15) is 12.5 Å². The number of ether oxygens (including phenoxy) is 1. The van der Waals surface area contributed by atoms with Crippen LogP contribution in [-0.4, -0.2) is 19.1 Å². The molecule has 0 radical (unpaired) electrons. The number of benzene rings is 1. The number of carbonyl (C=O) groups excluding carboxylic acids is 1. The lowest BCUT2D eigenvalue weighted by Gasteiger charge is -2.11. The fourth-order valence-electron chi connectivity index (χ4n) is 1.47. The number of amides is 1. The average Bonchev–Trinajstić information content (AvgIpc) is 2.28. The largest absolute Gasteiger partial charge is 0.494 e. The van der Waals surface area contributed by atoms with Crippen LogP contribution in [0.15, 0.2) is 24.3 Å². The minimum Gasteiger partial charge on any atom is -0.494 e. The van der Waals surface area contributed by atoms with Gasteiger partial charge in [0, 0.05) is 6.54 Å². The predicted octanol–water partition coefficient (Wildman–Crippen LogP) is 0.688. The molecule has 0 saturated heterocycles. The lowest BCUT2D eigenvalue weighted by molar-refractivity contribution is -0.121. The summed E-state index contributed by atoms with van der Waals surface area (Å²) in [6.07, 6.45) is 0.582. The molecule has 1 amide bonds. The Morgan fingerprint density at radius 3 is 2.44 bits per heavy atom. The van der Waals surface area contributed by atoms with Gasteiger partial charge in [0.05, 0.1) is 12.5 Å². The highest BCUT2D eigenvalue weighted by molar-refractivity contribution is 5.77. The van der Waals surface area contributed by atoms with Crippen LogP contribution < -0.4 is 16.2 Å². The first kappa shape index (κ1) is 12.5. The van der Waals surface area contributed by atoms with Crippen molar-refractivity contribution < 1.29 is 9.53 Å². The van der Waals surface area contributed by atoms with E-state index in [9.17, 15) is 4.79 Å². The van der Waals surface area contributed by atoms with Gasteiger partial charge in [0.1, 0.15) is 5.75 Å². The van der Waals surface area contributed by atoms with Crippen LogP contribution in [0.3, 0.4) is 0 Å². The summed E-state index contributed by atoms with van der Waals surface area (Å²) in [7, 11) is 0. The molecule has 88 valence electrons. The van der Waals surface area contributed by atoms with Crippen molar-refractivity contribution in [3.05, 3.63) is 29.8 Å². The third kappa shape index (κ3) is 3.55. The average molecular weight is 222 g/mol. The van der Waals surface area contributed by atoms with E-state index in [4.69, 9.17) is 16.2 Å². The van der Waals surface area contributed by atoms with E-state index in [1.807, 2.05) is 31.2 Å². The lowest BCUT2D eigenvalue weighted by Crippen LogP contribution is -2.31. The van der Waals surface area contributed by atoms with E-state index in [1.54, 1.807) is 0 Å². The minimum atomic E-state index is -0.351. The maximum absolute atomic E-state index is 11.0. The van der Waals surface area contributed by atoms with Gasteiger partial charge < -0.3 is 16.2 Å². The molecule has 0 unspecified atom stereocenters. The van der Waals surface area contributed by atoms with Gasteiger partial charge in [-0.15, -0.1) is 0 Å². The third-order valence-electron chi connectivity index (χ3n) is 2.40. The molecule has 0 saturated carbocycles. The molecule has 1 aromatic carbocycles. The Hall–Kier alpha value is -1.55. The van der Waals surface area contributed by atoms with E-state index in [0.717, 1.165) is 11.3 Å². The first-order chi connectivity index (χ1) is 7.67. The van der Waals surface area contributed by atoms with Crippen molar-refractivity contribution in [3.8, 4) is 5.75 Å². The van der Waals surface area contributed by atoms with Crippen molar-refractivity contribution in [1.82, 2.24) is 0 Å². The molecule has 1 atom stereocenters. The van der Waals surface area contributed by atoms with E-state index in [2.05, 4.69) is 0 Å². The molecule has 0 bridgehead atoms. The summed E-state index contributed by atoms with van der Waals surface area (Å²) in [5.74, 6) is 0.184. The summed E-state index contributed by atoms with van der Waals surface area (Å²) in [6, 6.07) is 7.62. The van der Waals surface area contributed by atoms with E-state index in [1.165, 1.54) is 0 Å². The van der Waals surface area contributed by atoms with Crippen LogP contribution in [0.25, 0.3) is 0 Å². The zero-order valence-electron chi connectivity index (χ0n) is 9.48. The van der Waals surface area contributed by atoms with Gasteiger partial charge in [-0.25, -0.2) is 0 Å². The number of nitrogens with two attached hydrogens (primary N) is 2. The Morgan fingerprint density at radius 2 is 2.00 bits per heavy atom. The van der Waals surface area contributed by atoms with Gasteiger partial charge in [-0.2, -0.15) is 0 Å². The summed E-state index contributed by atoms with van der Waals surface area (Å²) in [6.45, 7) is 2.86. The Labute approximate surface area is 95.6 Å². The smallest absolute Gasteiger partial charge is 0.222 e. The molecule has 0 aromatic heterocycles. The molecule has 1 rings (SSSR count). The zero-order valence-corrected chi connectivity index (χ0v) is 9.48. The van der Waals surface area contributed by atoms with Gasteiger partial charge >= 0.3 is 0 Å². The summed E-state index contributed by atoms with van der Waals surface area (Å²) in [4.78, 5) is 11.0. The van der Waals surface area contributed by atoms with E-state index < -0.39 is 0 Å². The van der Waals surface area contributed by atoms with Crippen LogP contribution in [0.4, 0.5) is 0 Å². The Balaban J connectivity index is 2.63. The summed E-state index contributed by atoms with van der Waals surface area (Å²) >= 11 is 0. The summed E-state index contributed by atoms with van der Waals surface area (Å²) in [5, 5.41) is 0. The Morgan fingerprint density at radius 1 is 1.38 bits per heavy atom. The van der Waals surface area contributed by atoms with Crippen LogP contribution in [0.2, 0.25) is 0 Å². The fraction of sp³-hybridized carbons (Fsp3) is 0.417. The quantitative estimate of drug-likeness (QED) is 0.743. The first-order valence-electron chi connectivity index (χ1n) is 5.38. The Bertz CT molecular complexity index is 335. The van der Waals surface area contributed by atoms with Crippen molar-refractivity contribution in [1.29, 1.82) is 0 Å². The topological polar surface area (TPSA) is 78.3 Å². The molecular formula is C12H18N2O2. The molecule has 4 N–H and O–H groups in total. The fourth-order valence-corrected chi connectivity index (χ4v) is 1.47. The second-order valence-electron chi connectivity index (χ2n) is 3.62. The molecule has 16 heavy (non-hydrogen) atoms. The monoisotopic (exact) mass is 222 g/mol. The van der Waals surface area contributed by atoms with Gasteiger partial charge in [-0.3, -0.25) is 4.79 Å². The van der Waals surface area contributed by atoms with Crippen molar-refractivity contribution in [2.45, 2.75) is 13.3 Å². The molecule has 0 aliphatic carbocycles. The predicted molar refractivity (Wildman–Crippen MR) is 63.1 cm³/mol. The van der Waals surface area contributed by atoms with Gasteiger partial charge in [-0.05, 0) is 31.0 Å². The molecule has 0 aliphatic heterocycles. The SMILES string of the molecule is CCOc1ccc(C[C@H](CN)C(N)=O)cc1. The minimum absolute atomic E-state index is 0.280. The second kappa shape index (κ2) is 6.12. The van der Waals surface area contributed by atoms with Crippen molar-refractivity contribution in [2.75, 3.05) is 13.2 Å². The highest BCUT2D eigenvalue weighted by atomic mass is 16.5. The van der Waals surface area contributed by atoms with Gasteiger partial charge in [0.15, 0.2) is 0 Å². The van der Waals surface area contributed by atoms with Crippen molar-refractivity contribution >= 4 is 5.91 Å². The van der Waals surface area contributed by atoms with Gasteiger partial charge in [0.2, 0.25) is 5.91 Å². The molecule has 4 heteroatoms. The first-order valence-corrected chi connectivity index (χ1v) is 5.38.